The predicted octanol–water partition coefficient (Wildman–Crippen LogP) is 4.53. The summed E-state index contributed by atoms with van der Waals surface area (Å²) in [4.78, 5) is 16.5. The molecule has 0 unspecified atom stereocenters. The van der Waals surface area contributed by atoms with Crippen molar-refractivity contribution in [3.8, 4) is 11.5 Å². The highest BCUT2D eigenvalue weighted by Gasteiger charge is 2.12. The van der Waals surface area contributed by atoms with Crippen LogP contribution in [0.25, 0.3) is 17.2 Å². The number of aromatic nitrogens is 3. The summed E-state index contributed by atoms with van der Waals surface area (Å²) in [6.45, 7) is 2.14. The van der Waals surface area contributed by atoms with Gasteiger partial charge >= 0.3 is 0 Å². The molecule has 0 bridgehead atoms. The number of halogens is 2. The van der Waals surface area contributed by atoms with Gasteiger partial charge in [0, 0.05) is 17.7 Å². The van der Waals surface area contributed by atoms with E-state index in [2.05, 4.69) is 15.4 Å². The lowest BCUT2D eigenvalue weighted by atomic mass is 10.1. The van der Waals surface area contributed by atoms with E-state index in [9.17, 15) is 4.79 Å². The molecule has 0 saturated heterocycles. The molecule has 0 fully saturated rings. The van der Waals surface area contributed by atoms with Crippen LogP contribution >= 0.6 is 23.2 Å². The van der Waals surface area contributed by atoms with E-state index in [1.165, 1.54) is 0 Å². The van der Waals surface area contributed by atoms with Gasteiger partial charge in [-0.15, -0.1) is 5.10 Å². The Kier molecular flexibility index (Phi) is 4.59. The van der Waals surface area contributed by atoms with Gasteiger partial charge in [-0.2, -0.15) is 4.52 Å². The van der Waals surface area contributed by atoms with Crippen molar-refractivity contribution < 1.29 is 9.21 Å². The molecular weight excluding hydrogens is 387 g/mol. The van der Waals surface area contributed by atoms with Crippen LogP contribution in [0.4, 0.5) is 0 Å². The molecule has 1 N–H and O–H groups in total. The van der Waals surface area contributed by atoms with Crippen LogP contribution in [0.15, 0.2) is 53.1 Å². The molecule has 0 atom stereocenters. The first-order valence-corrected chi connectivity index (χ1v) is 8.91. The summed E-state index contributed by atoms with van der Waals surface area (Å²) >= 11 is 12.1. The minimum Gasteiger partial charge on any atom is -0.417 e. The van der Waals surface area contributed by atoms with Gasteiger partial charge in [0.2, 0.25) is 11.6 Å². The number of fused-ring (bicyclic) bond motifs is 1. The van der Waals surface area contributed by atoms with Gasteiger partial charge < -0.3 is 9.73 Å². The third kappa shape index (κ3) is 3.41. The number of carbonyl (C=O) groups is 1. The van der Waals surface area contributed by atoms with Crippen LogP contribution in [0.1, 0.15) is 21.7 Å². The van der Waals surface area contributed by atoms with Crippen molar-refractivity contribution in [3.63, 3.8) is 0 Å². The van der Waals surface area contributed by atoms with Gasteiger partial charge in [0.05, 0.1) is 16.2 Å². The molecule has 2 aromatic heterocycles. The molecule has 6 nitrogen and oxygen atoms in total. The van der Waals surface area contributed by atoms with Crippen molar-refractivity contribution in [2.24, 2.45) is 0 Å². The molecule has 0 aliphatic carbocycles. The second kappa shape index (κ2) is 7.06. The average Bonchev–Trinajstić information content (AvgIpc) is 3.25. The molecule has 1 amide bonds. The number of hydrogen-bond donors (Lipinski definition) is 1. The fraction of sp³-hybridized carbons (Fsp3) is 0.105. The van der Waals surface area contributed by atoms with Crippen molar-refractivity contribution in [1.82, 2.24) is 19.9 Å². The van der Waals surface area contributed by atoms with Crippen molar-refractivity contribution in [3.05, 3.63) is 75.7 Å². The minimum absolute atomic E-state index is 0.210. The molecule has 0 aliphatic rings. The van der Waals surface area contributed by atoms with Crippen molar-refractivity contribution in [1.29, 1.82) is 0 Å². The van der Waals surface area contributed by atoms with Crippen LogP contribution in [0.3, 0.4) is 0 Å². The molecule has 0 aliphatic heterocycles. The smallest absolute Gasteiger partial charge is 0.251 e. The SMILES string of the molecule is Cc1ncc2oc(-c3ccc(C(=O)NCc4cccc(Cl)c4Cl)cc3)nn12. The number of nitrogens with zero attached hydrogens (tertiary/aromatic N) is 3. The molecular formula is C19H14Cl2N4O2. The molecule has 4 aromatic rings. The van der Waals surface area contributed by atoms with E-state index in [1.54, 1.807) is 47.1 Å². The largest absolute Gasteiger partial charge is 0.417 e. The van der Waals surface area contributed by atoms with Crippen LogP contribution in [0, 0.1) is 6.92 Å². The van der Waals surface area contributed by atoms with Crippen molar-refractivity contribution in [2.45, 2.75) is 13.5 Å². The van der Waals surface area contributed by atoms with Gasteiger partial charge in [0.1, 0.15) is 5.82 Å². The lowest BCUT2D eigenvalue weighted by molar-refractivity contribution is 0.0951. The standard InChI is InChI=1S/C19H14Cl2N4O2/c1-11-22-10-16-25(11)24-19(27-16)13-7-5-12(6-8-13)18(26)23-9-14-3-2-4-15(20)17(14)21/h2-8,10H,9H2,1H3,(H,23,26). The number of carbonyl (C=O) groups excluding carboxylic acids is 1. The number of hydrogen-bond acceptors (Lipinski definition) is 4. The van der Waals surface area contributed by atoms with Crippen LogP contribution in [0.5, 0.6) is 0 Å². The van der Waals surface area contributed by atoms with Gasteiger partial charge in [-0.25, -0.2) is 4.98 Å². The predicted molar refractivity (Wildman–Crippen MR) is 103 cm³/mol. The Morgan fingerprint density at radius 1 is 1.19 bits per heavy atom. The highest BCUT2D eigenvalue weighted by Crippen LogP contribution is 2.25. The van der Waals surface area contributed by atoms with Gasteiger partial charge in [-0.3, -0.25) is 4.79 Å². The Hall–Kier alpha value is -2.83. The van der Waals surface area contributed by atoms with E-state index in [1.807, 2.05) is 13.0 Å². The van der Waals surface area contributed by atoms with Crippen molar-refractivity contribution >= 4 is 34.8 Å². The van der Waals surface area contributed by atoms with Gasteiger partial charge in [-0.05, 0) is 42.8 Å². The summed E-state index contributed by atoms with van der Waals surface area (Å²) in [5.74, 6) is 1.00. The molecule has 0 saturated carbocycles. The number of benzene rings is 2. The number of nitrogens with one attached hydrogen (secondary N) is 1. The first-order valence-electron chi connectivity index (χ1n) is 8.15. The van der Waals surface area contributed by atoms with E-state index >= 15 is 0 Å². The van der Waals surface area contributed by atoms with E-state index in [-0.39, 0.29) is 12.5 Å². The first kappa shape index (κ1) is 17.6. The van der Waals surface area contributed by atoms with E-state index < -0.39 is 0 Å². The topological polar surface area (TPSA) is 72.4 Å². The number of aryl methyl sites for hydroxylation is 1. The Morgan fingerprint density at radius 3 is 2.70 bits per heavy atom. The molecule has 8 heteroatoms. The van der Waals surface area contributed by atoms with E-state index in [0.29, 0.717) is 27.2 Å². The van der Waals surface area contributed by atoms with Gasteiger partial charge in [0.15, 0.2) is 0 Å². The molecule has 4 rings (SSSR count). The highest BCUT2D eigenvalue weighted by atomic mass is 35.5. The van der Waals surface area contributed by atoms with Gasteiger partial charge in [0.25, 0.3) is 5.91 Å². The monoisotopic (exact) mass is 400 g/mol. The molecule has 2 aromatic carbocycles. The molecule has 2 heterocycles. The second-order valence-electron chi connectivity index (χ2n) is 5.94. The lowest BCUT2D eigenvalue weighted by Gasteiger charge is -2.08. The van der Waals surface area contributed by atoms with Crippen LogP contribution in [0.2, 0.25) is 10.0 Å². The van der Waals surface area contributed by atoms with E-state index in [4.69, 9.17) is 27.6 Å². The Bertz CT molecular complexity index is 1130. The number of amides is 1. The van der Waals surface area contributed by atoms with E-state index in [0.717, 1.165) is 17.0 Å². The van der Waals surface area contributed by atoms with Crippen molar-refractivity contribution in [2.75, 3.05) is 0 Å². The van der Waals surface area contributed by atoms with Crippen LogP contribution in [-0.2, 0) is 6.54 Å². The summed E-state index contributed by atoms with van der Waals surface area (Å²) in [5.41, 5.74) is 2.62. The maximum Gasteiger partial charge on any atom is 0.251 e. The third-order valence-corrected chi connectivity index (χ3v) is 4.99. The average molecular weight is 401 g/mol. The molecule has 0 radical (unpaired) electrons. The zero-order chi connectivity index (χ0) is 19.0. The first-order chi connectivity index (χ1) is 13.0. The van der Waals surface area contributed by atoms with Crippen LogP contribution < -0.4 is 5.32 Å². The molecule has 136 valence electrons. The zero-order valence-corrected chi connectivity index (χ0v) is 15.8. The third-order valence-electron chi connectivity index (χ3n) is 4.13. The van der Waals surface area contributed by atoms with Crippen LogP contribution in [-0.4, -0.2) is 20.5 Å². The van der Waals surface area contributed by atoms with Gasteiger partial charge in [-0.1, -0.05) is 35.3 Å². The minimum atomic E-state index is -0.210. The quantitative estimate of drug-likeness (QED) is 0.545. The molecule has 0 spiro atoms. The summed E-state index contributed by atoms with van der Waals surface area (Å²) < 4.78 is 7.30. The molecule has 27 heavy (non-hydrogen) atoms. The second-order valence-corrected chi connectivity index (χ2v) is 6.72. The fourth-order valence-electron chi connectivity index (χ4n) is 2.66. The Balaban J connectivity index is 1.48. The Labute approximate surface area is 164 Å². The lowest BCUT2D eigenvalue weighted by Crippen LogP contribution is -2.22. The highest BCUT2D eigenvalue weighted by molar-refractivity contribution is 6.42. The fourth-order valence-corrected chi connectivity index (χ4v) is 3.05. The summed E-state index contributed by atoms with van der Waals surface area (Å²) in [5, 5.41) is 8.11. The summed E-state index contributed by atoms with van der Waals surface area (Å²) in [6, 6.07) is 12.3. The number of imidazole rings is 1. The number of rotatable bonds is 4. The normalized spacial score (nSPS) is 11.1. The Morgan fingerprint density at radius 2 is 1.96 bits per heavy atom. The summed E-state index contributed by atoms with van der Waals surface area (Å²) in [7, 11) is 0. The zero-order valence-electron chi connectivity index (χ0n) is 14.2. The maximum absolute atomic E-state index is 12.4. The summed E-state index contributed by atoms with van der Waals surface area (Å²) in [6.07, 6.45) is 1.62. The maximum atomic E-state index is 12.4.